The van der Waals surface area contributed by atoms with Crippen molar-refractivity contribution in [1.29, 1.82) is 0 Å². The number of carbonyl (C=O) groups excluding carboxylic acids is 2. The average Bonchev–Trinajstić information content (AvgIpc) is 3.88. The molecule has 3 aromatic heterocycles. The average molecular weight is 851 g/mol. The summed E-state index contributed by atoms with van der Waals surface area (Å²) in [5.41, 5.74) is 9.38. The van der Waals surface area contributed by atoms with E-state index in [9.17, 15) is 19.8 Å². The summed E-state index contributed by atoms with van der Waals surface area (Å²) in [5, 5.41) is 20.8. The molecule has 9 rings (SSSR count). The Labute approximate surface area is 357 Å². The van der Waals surface area contributed by atoms with E-state index in [0.717, 1.165) is 50.7 Å². The first-order chi connectivity index (χ1) is 29.4. The van der Waals surface area contributed by atoms with Crippen molar-refractivity contribution in [2.24, 2.45) is 0 Å². The first kappa shape index (κ1) is 40.9. The van der Waals surface area contributed by atoms with Gasteiger partial charge in [-0.15, -0.1) is 11.3 Å². The minimum Gasteiger partial charge on any atom is -0.508 e. The molecule has 0 bridgehead atoms. The summed E-state index contributed by atoms with van der Waals surface area (Å²) in [6.07, 6.45) is 3.56. The van der Waals surface area contributed by atoms with Gasteiger partial charge in [0.05, 0.1) is 34.6 Å². The van der Waals surface area contributed by atoms with E-state index in [0.29, 0.717) is 95.6 Å². The zero-order valence-electron chi connectivity index (χ0n) is 34.5. The molecule has 7 heterocycles. The van der Waals surface area contributed by atoms with Gasteiger partial charge in [-0.05, 0) is 40.3 Å². The number of fused-ring (bicyclic) bond motifs is 2. The van der Waals surface area contributed by atoms with Crippen LogP contribution in [-0.4, -0.2) is 133 Å². The van der Waals surface area contributed by atoms with Gasteiger partial charge in [0, 0.05) is 115 Å². The van der Waals surface area contributed by atoms with E-state index in [2.05, 4.69) is 48.9 Å². The van der Waals surface area contributed by atoms with Crippen molar-refractivity contribution in [2.45, 2.75) is 64.5 Å². The molecule has 320 valence electrons. The van der Waals surface area contributed by atoms with Gasteiger partial charge < -0.3 is 35.4 Å². The molecule has 0 radical (unpaired) electrons. The molecular weight excluding hydrogens is 800 g/mol. The maximum Gasteiger partial charge on any atom is 0.260 e. The van der Waals surface area contributed by atoms with Crippen LogP contribution in [0, 0.1) is 0 Å². The zero-order chi connectivity index (χ0) is 42.4. The molecule has 17 heteroatoms. The number of hydrogen-bond acceptors (Lipinski definition) is 14. The fraction of sp³-hybridized carbons (Fsp3) is 0.455. The van der Waals surface area contributed by atoms with Gasteiger partial charge in [-0.1, -0.05) is 32.0 Å². The van der Waals surface area contributed by atoms with Crippen LogP contribution in [-0.2, 0) is 35.7 Å². The number of anilines is 2. The largest absolute Gasteiger partial charge is 0.508 e. The Morgan fingerprint density at radius 2 is 1.56 bits per heavy atom. The molecule has 4 aliphatic heterocycles. The number of nitrogens with two attached hydrogens (primary N) is 1. The predicted octanol–water partition coefficient (Wildman–Crippen LogP) is 4.91. The number of halogens is 1. The monoisotopic (exact) mass is 850 g/mol. The van der Waals surface area contributed by atoms with Gasteiger partial charge in [0.1, 0.15) is 11.5 Å². The quantitative estimate of drug-likeness (QED) is 0.183. The molecule has 4 aliphatic rings. The number of nitrogens with zero attached hydrogens (tertiary/aromatic N) is 9. The topological polar surface area (TPSA) is 178 Å². The Morgan fingerprint density at radius 1 is 0.852 bits per heavy atom. The second-order valence-corrected chi connectivity index (χ2v) is 18.0. The number of thiophene rings is 1. The van der Waals surface area contributed by atoms with E-state index >= 15 is 4.39 Å². The van der Waals surface area contributed by atoms with Crippen LogP contribution in [0.15, 0.2) is 48.8 Å². The van der Waals surface area contributed by atoms with Crippen LogP contribution in [0.1, 0.15) is 70.1 Å². The molecule has 5 aromatic rings. The Bertz CT molecular complexity index is 2440. The van der Waals surface area contributed by atoms with Crippen LogP contribution < -0.4 is 10.6 Å². The predicted molar refractivity (Wildman–Crippen MR) is 230 cm³/mol. The lowest BCUT2D eigenvalue weighted by molar-refractivity contribution is -0.149. The molecule has 0 aliphatic carbocycles. The van der Waals surface area contributed by atoms with Gasteiger partial charge in [-0.2, -0.15) is 0 Å². The smallest absolute Gasteiger partial charge is 0.260 e. The molecule has 0 atom stereocenters. The normalized spacial score (nSPS) is 18.6. The third-order valence-corrected chi connectivity index (χ3v) is 13.5. The highest BCUT2D eigenvalue weighted by Crippen LogP contribution is 2.38. The highest BCUT2D eigenvalue weighted by atomic mass is 32.1. The molecular formula is C44H51FN10O5S. The number of likely N-dealkylation sites (tertiary alicyclic amines) is 1. The van der Waals surface area contributed by atoms with Crippen molar-refractivity contribution >= 4 is 45.1 Å². The lowest BCUT2D eigenvalue weighted by Crippen LogP contribution is -2.56. The molecule has 2 aromatic carbocycles. The van der Waals surface area contributed by atoms with Gasteiger partial charge in [-0.25, -0.2) is 24.3 Å². The van der Waals surface area contributed by atoms with Crippen LogP contribution >= 0.6 is 11.3 Å². The summed E-state index contributed by atoms with van der Waals surface area (Å²) < 4.78 is 23.0. The fourth-order valence-electron chi connectivity index (χ4n) is 8.85. The third kappa shape index (κ3) is 8.43. The van der Waals surface area contributed by atoms with Gasteiger partial charge in [0.2, 0.25) is 5.95 Å². The highest BCUT2D eigenvalue weighted by molar-refractivity contribution is 7.19. The molecule has 3 saturated heterocycles. The molecule has 0 spiro atoms. The van der Waals surface area contributed by atoms with Crippen molar-refractivity contribution < 1.29 is 28.9 Å². The van der Waals surface area contributed by atoms with Gasteiger partial charge in [0.25, 0.3) is 11.8 Å². The number of alkyl halides is 1. The Hall–Kier alpha value is -5.49. The minimum absolute atomic E-state index is 0.00627. The van der Waals surface area contributed by atoms with Gasteiger partial charge in [0.15, 0.2) is 17.3 Å². The molecule has 0 saturated carbocycles. The molecule has 3 fully saturated rings. The van der Waals surface area contributed by atoms with E-state index < -0.39 is 11.6 Å². The number of rotatable bonds is 9. The van der Waals surface area contributed by atoms with Crippen LogP contribution in [0.25, 0.3) is 21.6 Å². The highest BCUT2D eigenvalue weighted by Gasteiger charge is 2.45. The van der Waals surface area contributed by atoms with Crippen molar-refractivity contribution in [3.63, 3.8) is 0 Å². The SMILES string of the molecule is CC(C)c1cc(C(=O)N2Cc3ccc(CN4CCN(C(=O)C5(F)CCN(Cc6cc7nc(-c8cnc(N)nc8)nc(N8CCOCC8)c7s6)CC5)CC4)cc3C2)c(O)cc1O. The van der Waals surface area contributed by atoms with E-state index in [1.807, 2.05) is 13.8 Å². The summed E-state index contributed by atoms with van der Waals surface area (Å²) in [7, 11) is 0. The first-order valence-electron chi connectivity index (χ1n) is 21.0. The molecule has 0 unspecified atom stereocenters. The number of aromatic nitrogens is 4. The summed E-state index contributed by atoms with van der Waals surface area (Å²) in [4.78, 5) is 56.5. The van der Waals surface area contributed by atoms with E-state index in [-0.39, 0.29) is 47.7 Å². The van der Waals surface area contributed by atoms with Crippen molar-refractivity contribution in [3.05, 3.63) is 81.5 Å². The Morgan fingerprint density at radius 3 is 2.28 bits per heavy atom. The second kappa shape index (κ2) is 16.8. The summed E-state index contributed by atoms with van der Waals surface area (Å²) in [5.74, 6) is 0.625. The van der Waals surface area contributed by atoms with Crippen LogP contribution in [0.4, 0.5) is 16.2 Å². The zero-order valence-corrected chi connectivity index (χ0v) is 35.3. The number of ether oxygens (including phenoxy) is 1. The summed E-state index contributed by atoms with van der Waals surface area (Å²) in [6.45, 7) is 11.9. The third-order valence-electron chi connectivity index (χ3n) is 12.4. The number of piperidine rings is 1. The standard InChI is InChI=1S/C44H51FN10O5S/c1-27(2)33-19-34(37(57)20-36(33)56)41(58)55-24-29-4-3-28(17-30(29)25-55)23-52-9-11-54(12-10-52)42(59)44(45)5-7-51(8-6-44)26-32-18-35-38(61-32)40(53-13-15-60-16-14-53)50-39(49-35)31-21-47-43(46)48-22-31/h3-4,17-22,27,56-57H,5-16,23-26H2,1-2H3,(H2,46,47,48). The number of hydrogen-bond donors (Lipinski definition) is 3. The molecule has 2 amide bonds. The summed E-state index contributed by atoms with van der Waals surface area (Å²) in [6, 6.07) is 11.2. The Balaban J connectivity index is 0.781. The van der Waals surface area contributed by atoms with E-state index in [1.165, 1.54) is 6.07 Å². The van der Waals surface area contributed by atoms with Gasteiger partial charge in [-0.3, -0.25) is 19.4 Å². The molecule has 15 nitrogen and oxygen atoms in total. The molecule has 61 heavy (non-hydrogen) atoms. The van der Waals surface area contributed by atoms with Crippen LogP contribution in [0.2, 0.25) is 0 Å². The van der Waals surface area contributed by atoms with E-state index in [1.54, 1.807) is 39.6 Å². The lowest BCUT2D eigenvalue weighted by atomic mass is 9.91. The number of aromatic hydroxyl groups is 2. The van der Waals surface area contributed by atoms with Gasteiger partial charge >= 0.3 is 0 Å². The first-order valence-corrected chi connectivity index (χ1v) is 21.8. The van der Waals surface area contributed by atoms with Crippen molar-refractivity contribution in [2.75, 3.05) is 76.2 Å². The maximum atomic E-state index is 16.4. The lowest BCUT2D eigenvalue weighted by Gasteiger charge is -2.41. The number of amides is 2. The summed E-state index contributed by atoms with van der Waals surface area (Å²) >= 11 is 1.65. The van der Waals surface area contributed by atoms with E-state index in [4.69, 9.17) is 20.4 Å². The number of benzene rings is 2. The van der Waals surface area contributed by atoms with Crippen molar-refractivity contribution in [3.8, 4) is 22.9 Å². The second-order valence-electron chi connectivity index (χ2n) is 16.9. The number of piperazine rings is 1. The molecule has 4 N–H and O–H groups in total. The Kier molecular flexibility index (Phi) is 11.2. The van der Waals surface area contributed by atoms with Crippen LogP contribution in [0.3, 0.4) is 0 Å². The maximum absolute atomic E-state index is 16.4. The number of nitrogen functional groups attached to an aromatic ring is 1. The number of phenolic OH excluding ortho intramolecular Hbond substituents is 2. The van der Waals surface area contributed by atoms with Crippen molar-refractivity contribution in [1.82, 2.24) is 39.5 Å². The number of morpholine rings is 1. The minimum atomic E-state index is -1.89. The fourth-order valence-corrected chi connectivity index (χ4v) is 10.0. The number of carbonyl (C=O) groups is 2. The van der Waals surface area contributed by atoms with Crippen LogP contribution in [0.5, 0.6) is 11.5 Å². The number of phenols is 2.